The van der Waals surface area contributed by atoms with Crippen LogP contribution in [-0.2, 0) is 17.9 Å². The molecular weight excluding hydrogens is 416 g/mol. The van der Waals surface area contributed by atoms with Crippen LogP contribution in [0.4, 0.5) is 0 Å². The summed E-state index contributed by atoms with van der Waals surface area (Å²) in [6.07, 6.45) is 5.51. The van der Waals surface area contributed by atoms with E-state index in [-0.39, 0.29) is 24.1 Å². The van der Waals surface area contributed by atoms with Gasteiger partial charge in [-0.25, -0.2) is 0 Å². The van der Waals surface area contributed by atoms with Gasteiger partial charge in [0.1, 0.15) is 0 Å². The van der Waals surface area contributed by atoms with E-state index in [0.717, 1.165) is 33.3 Å². The van der Waals surface area contributed by atoms with Crippen molar-refractivity contribution >= 4 is 16.8 Å². The number of aromatic nitrogens is 3. The van der Waals surface area contributed by atoms with Gasteiger partial charge in [-0.1, -0.05) is 6.07 Å². The number of nitrogens with one attached hydrogen (secondary N) is 2. The molecule has 0 saturated carbocycles. The first kappa shape index (κ1) is 22.5. The maximum absolute atomic E-state index is 13.4. The van der Waals surface area contributed by atoms with Gasteiger partial charge in [0.05, 0.1) is 6.61 Å². The maximum atomic E-state index is 13.4. The van der Waals surface area contributed by atoms with Crippen LogP contribution in [-0.4, -0.2) is 27.6 Å². The van der Waals surface area contributed by atoms with Crippen LogP contribution in [0.25, 0.3) is 22.0 Å². The van der Waals surface area contributed by atoms with Gasteiger partial charge < -0.3 is 19.6 Å². The number of carbonyl (C=O) groups is 1. The third kappa shape index (κ3) is 4.59. The highest BCUT2D eigenvalue weighted by molar-refractivity contribution is 6.08. The fourth-order valence-electron chi connectivity index (χ4n) is 4.13. The molecule has 2 N–H and O–H groups in total. The van der Waals surface area contributed by atoms with Gasteiger partial charge >= 0.3 is 0 Å². The van der Waals surface area contributed by atoms with E-state index in [1.807, 2.05) is 43.5 Å². The van der Waals surface area contributed by atoms with Gasteiger partial charge in [-0.2, -0.15) is 0 Å². The Kier molecular flexibility index (Phi) is 6.42. The fraction of sp³-hybridized carbons (Fsp3) is 0.269. The van der Waals surface area contributed by atoms with E-state index in [0.29, 0.717) is 17.7 Å². The summed E-state index contributed by atoms with van der Waals surface area (Å²) in [5.41, 5.74) is 5.17. The molecule has 0 spiro atoms. The van der Waals surface area contributed by atoms with Crippen molar-refractivity contribution in [3.63, 3.8) is 0 Å². The quantitative estimate of drug-likeness (QED) is 0.443. The number of aromatic amines is 1. The standard InChI is InChI=1S/C26H28N4O3/c1-16(2)30-9-7-21-22(11-19(12-24(21)30)18-6-5-8-27-13-18)25(31)28-14-23-20(15-33-4)10-17(3)29-26(23)32/h5-13,16H,14-15H2,1-4H3,(H,28,31)(H,29,32). The first-order chi connectivity index (χ1) is 15.9. The molecule has 1 amide bonds. The summed E-state index contributed by atoms with van der Waals surface area (Å²) in [7, 11) is 1.58. The van der Waals surface area contributed by atoms with Crippen molar-refractivity contribution < 1.29 is 9.53 Å². The molecule has 0 saturated heterocycles. The number of methoxy groups -OCH3 is 1. The van der Waals surface area contributed by atoms with Crippen LogP contribution in [0.1, 0.15) is 47.1 Å². The van der Waals surface area contributed by atoms with Gasteiger partial charge in [0.15, 0.2) is 0 Å². The summed E-state index contributed by atoms with van der Waals surface area (Å²) in [4.78, 5) is 32.9. The van der Waals surface area contributed by atoms with Crippen molar-refractivity contribution in [2.24, 2.45) is 0 Å². The second-order valence-electron chi connectivity index (χ2n) is 8.42. The highest BCUT2D eigenvalue weighted by Crippen LogP contribution is 2.30. The molecule has 0 aliphatic rings. The molecule has 0 unspecified atom stereocenters. The molecule has 3 heterocycles. The Morgan fingerprint density at radius 1 is 1.21 bits per heavy atom. The molecule has 0 bridgehead atoms. The number of aryl methyl sites for hydroxylation is 1. The molecule has 3 aromatic heterocycles. The van der Waals surface area contributed by atoms with Crippen molar-refractivity contribution in [3.8, 4) is 11.1 Å². The number of hydrogen-bond acceptors (Lipinski definition) is 4. The number of rotatable bonds is 7. The Balaban J connectivity index is 1.74. The largest absolute Gasteiger partial charge is 0.380 e. The topological polar surface area (TPSA) is 89.0 Å². The second-order valence-corrected chi connectivity index (χ2v) is 8.42. The van der Waals surface area contributed by atoms with E-state index >= 15 is 0 Å². The molecule has 0 atom stereocenters. The van der Waals surface area contributed by atoms with Crippen molar-refractivity contribution in [1.82, 2.24) is 19.9 Å². The van der Waals surface area contributed by atoms with Crippen LogP contribution >= 0.6 is 0 Å². The zero-order valence-electron chi connectivity index (χ0n) is 19.3. The third-order valence-corrected chi connectivity index (χ3v) is 5.72. The van der Waals surface area contributed by atoms with E-state index in [2.05, 4.69) is 39.8 Å². The Bertz CT molecular complexity index is 1350. The highest BCUT2D eigenvalue weighted by Gasteiger charge is 2.17. The molecular formula is C26H28N4O3. The highest BCUT2D eigenvalue weighted by atomic mass is 16.5. The molecule has 0 radical (unpaired) electrons. The Labute approximate surface area is 192 Å². The van der Waals surface area contributed by atoms with Crippen LogP contribution in [0.5, 0.6) is 0 Å². The first-order valence-corrected chi connectivity index (χ1v) is 10.9. The van der Waals surface area contributed by atoms with Gasteiger partial charge in [0.2, 0.25) is 0 Å². The fourth-order valence-corrected chi connectivity index (χ4v) is 4.13. The van der Waals surface area contributed by atoms with E-state index in [9.17, 15) is 9.59 Å². The van der Waals surface area contributed by atoms with Crippen molar-refractivity contribution in [2.75, 3.05) is 7.11 Å². The monoisotopic (exact) mass is 444 g/mol. The third-order valence-electron chi connectivity index (χ3n) is 5.72. The molecule has 1 aromatic carbocycles. The lowest BCUT2D eigenvalue weighted by Crippen LogP contribution is -2.28. The maximum Gasteiger partial charge on any atom is 0.253 e. The van der Waals surface area contributed by atoms with Crippen LogP contribution < -0.4 is 10.9 Å². The average molecular weight is 445 g/mol. The number of benzene rings is 1. The number of nitrogens with zero attached hydrogens (tertiary/aromatic N) is 2. The van der Waals surface area contributed by atoms with E-state index in [4.69, 9.17) is 4.74 Å². The van der Waals surface area contributed by atoms with Crippen LogP contribution in [0.15, 0.2) is 59.8 Å². The van der Waals surface area contributed by atoms with Gasteiger partial charge in [-0.3, -0.25) is 14.6 Å². The number of carbonyl (C=O) groups excluding carboxylic acids is 1. The molecule has 0 fully saturated rings. The smallest absolute Gasteiger partial charge is 0.253 e. The van der Waals surface area contributed by atoms with Crippen LogP contribution in [0.2, 0.25) is 0 Å². The molecule has 170 valence electrons. The first-order valence-electron chi connectivity index (χ1n) is 10.9. The Hall–Kier alpha value is -3.71. The molecule has 4 rings (SSSR count). The number of fused-ring (bicyclic) bond motifs is 1. The van der Waals surface area contributed by atoms with Gasteiger partial charge in [0, 0.05) is 71.6 Å². The van der Waals surface area contributed by atoms with Crippen molar-refractivity contribution in [3.05, 3.63) is 87.7 Å². The van der Waals surface area contributed by atoms with Gasteiger partial charge in [-0.05, 0) is 62.2 Å². The molecule has 4 aromatic rings. The average Bonchev–Trinajstić information content (AvgIpc) is 3.23. The summed E-state index contributed by atoms with van der Waals surface area (Å²) in [6.45, 7) is 6.45. The number of H-pyrrole nitrogens is 1. The second kappa shape index (κ2) is 9.42. The summed E-state index contributed by atoms with van der Waals surface area (Å²) in [6, 6.07) is 11.9. The van der Waals surface area contributed by atoms with Crippen LogP contribution in [0.3, 0.4) is 0 Å². The lowest BCUT2D eigenvalue weighted by atomic mass is 10.0. The van der Waals surface area contributed by atoms with Crippen molar-refractivity contribution in [2.45, 2.75) is 40.0 Å². The van der Waals surface area contributed by atoms with E-state index in [1.165, 1.54) is 0 Å². The minimum absolute atomic E-state index is 0.108. The summed E-state index contributed by atoms with van der Waals surface area (Å²) >= 11 is 0. The zero-order chi connectivity index (χ0) is 23.5. The summed E-state index contributed by atoms with van der Waals surface area (Å²) in [5.74, 6) is -0.240. The normalized spacial score (nSPS) is 11.3. The Morgan fingerprint density at radius 2 is 2.03 bits per heavy atom. The lowest BCUT2D eigenvalue weighted by molar-refractivity contribution is 0.0952. The number of ether oxygens (including phenoxy) is 1. The number of amides is 1. The van der Waals surface area contributed by atoms with E-state index in [1.54, 1.807) is 19.5 Å². The molecule has 7 heteroatoms. The SMILES string of the molecule is COCc1cc(C)[nH]c(=O)c1CNC(=O)c1cc(-c2cccnc2)cc2c1ccn2C(C)C. The summed E-state index contributed by atoms with van der Waals surface area (Å²) < 4.78 is 7.39. The van der Waals surface area contributed by atoms with Gasteiger partial charge in [0.25, 0.3) is 11.5 Å². The number of hydrogen-bond donors (Lipinski definition) is 2. The molecule has 0 aliphatic carbocycles. The van der Waals surface area contributed by atoms with Gasteiger partial charge in [-0.15, -0.1) is 0 Å². The minimum atomic E-state index is -0.240. The molecule has 33 heavy (non-hydrogen) atoms. The predicted molar refractivity (Wildman–Crippen MR) is 129 cm³/mol. The van der Waals surface area contributed by atoms with Crippen LogP contribution in [0, 0.1) is 6.92 Å². The molecule has 7 nitrogen and oxygen atoms in total. The summed E-state index contributed by atoms with van der Waals surface area (Å²) in [5, 5.41) is 3.81. The molecule has 0 aliphatic heterocycles. The zero-order valence-corrected chi connectivity index (χ0v) is 19.3. The van der Waals surface area contributed by atoms with Crippen molar-refractivity contribution in [1.29, 1.82) is 0 Å². The Morgan fingerprint density at radius 3 is 2.73 bits per heavy atom. The predicted octanol–water partition coefficient (Wildman–Crippen LogP) is 4.36. The lowest BCUT2D eigenvalue weighted by Gasteiger charge is -2.14. The number of pyridine rings is 2. The van der Waals surface area contributed by atoms with E-state index < -0.39 is 0 Å². The minimum Gasteiger partial charge on any atom is -0.380 e.